The molecule has 12 atom stereocenters. The average Bonchev–Trinajstić information content (AvgIpc) is 3.49. The lowest BCUT2D eigenvalue weighted by molar-refractivity contribution is -0.359. The minimum Gasteiger partial charge on any atom is -0.394 e. The summed E-state index contributed by atoms with van der Waals surface area (Å²) in [5.74, 6) is -0.264. The number of amides is 1. The van der Waals surface area contributed by atoms with Gasteiger partial charge in [-0.3, -0.25) is 4.79 Å². The molecule has 0 spiro atoms. The molecule has 2 saturated heterocycles. The molecule has 9 N–H and O–H groups in total. The van der Waals surface area contributed by atoms with Crippen molar-refractivity contribution in [3.63, 3.8) is 0 Å². The zero-order valence-electron chi connectivity index (χ0n) is 49.0. The standard InChI is InChI=1S/C66H109NO13/c1-3-5-7-9-11-13-15-17-18-19-20-21-22-23-24-25-26-27-28-29-30-31-32-33-34-35-36-38-40-42-44-46-48-50-58(71)67-54(55(70)49-47-45-43-41-39-37-16-14-12-10-8-6-4-2)53-77-65-63(76)61(74)64(57(52-69)79-65)80-66-62(75)60(73)59(72)56(51-68)78-66/h5,7,11-14,17-18,20-21,23-24,26-27,29-30,39,41,47,49,54-57,59-66,68-70,72-76H,3-4,6,8-10,15-16,19,22,25,28,31-38,40,42-46,48,50-53H2,1-2H3,(H,67,71)/b7-5-,13-11-,14-12+,18-17-,21-20-,24-23-,27-26-,30-29-,41-39+,49-47+. The van der Waals surface area contributed by atoms with Crippen LogP contribution in [0.5, 0.6) is 0 Å². The minimum absolute atomic E-state index is 0.258. The van der Waals surface area contributed by atoms with Gasteiger partial charge in [0.05, 0.1) is 32.0 Å². The van der Waals surface area contributed by atoms with Gasteiger partial charge in [0.25, 0.3) is 0 Å². The van der Waals surface area contributed by atoms with Crippen LogP contribution in [0.2, 0.25) is 0 Å². The monoisotopic (exact) mass is 1120 g/mol. The Kier molecular flexibility index (Phi) is 45.3. The van der Waals surface area contributed by atoms with Crippen molar-refractivity contribution in [1.29, 1.82) is 0 Å². The van der Waals surface area contributed by atoms with Crippen molar-refractivity contribution in [2.24, 2.45) is 0 Å². The predicted molar refractivity (Wildman–Crippen MR) is 322 cm³/mol. The normalized spacial score (nSPS) is 25.1. The van der Waals surface area contributed by atoms with Gasteiger partial charge in [0.2, 0.25) is 5.91 Å². The van der Waals surface area contributed by atoms with Crippen LogP contribution in [0.1, 0.15) is 194 Å². The molecule has 0 radical (unpaired) electrons. The second-order valence-corrected chi connectivity index (χ2v) is 21.1. The fourth-order valence-electron chi connectivity index (χ4n) is 9.18. The number of allylic oxidation sites excluding steroid dienone is 19. The summed E-state index contributed by atoms with van der Waals surface area (Å²) < 4.78 is 22.7. The van der Waals surface area contributed by atoms with Gasteiger partial charge in [-0.25, -0.2) is 0 Å². The van der Waals surface area contributed by atoms with Crippen LogP contribution in [0.4, 0.5) is 0 Å². The third-order valence-corrected chi connectivity index (χ3v) is 14.1. The Balaban J connectivity index is 1.68. The highest BCUT2D eigenvalue weighted by atomic mass is 16.7. The number of aliphatic hydroxyl groups excluding tert-OH is 8. The molecule has 0 aromatic heterocycles. The Morgan fingerprint density at radius 2 is 0.875 bits per heavy atom. The summed E-state index contributed by atoms with van der Waals surface area (Å²) in [6.07, 6.45) is 55.3. The lowest BCUT2D eigenvalue weighted by atomic mass is 9.97. The second-order valence-electron chi connectivity index (χ2n) is 21.1. The molecular weight excluding hydrogens is 1010 g/mol. The van der Waals surface area contributed by atoms with Crippen molar-refractivity contribution in [2.75, 3.05) is 19.8 Å². The molecule has 12 unspecified atom stereocenters. The van der Waals surface area contributed by atoms with E-state index in [1.54, 1.807) is 6.08 Å². The molecular formula is C66H109NO13. The van der Waals surface area contributed by atoms with E-state index < -0.39 is 86.8 Å². The fraction of sp³-hybridized carbons (Fsp3) is 0.682. The van der Waals surface area contributed by atoms with Gasteiger partial charge in [0, 0.05) is 6.42 Å². The maximum Gasteiger partial charge on any atom is 0.220 e. The van der Waals surface area contributed by atoms with E-state index in [1.807, 2.05) is 6.08 Å². The largest absolute Gasteiger partial charge is 0.394 e. The van der Waals surface area contributed by atoms with E-state index in [4.69, 9.17) is 18.9 Å². The molecule has 80 heavy (non-hydrogen) atoms. The summed E-state index contributed by atoms with van der Waals surface area (Å²) in [5.41, 5.74) is 0. The Bertz CT molecular complexity index is 1800. The van der Waals surface area contributed by atoms with Gasteiger partial charge in [-0.2, -0.15) is 0 Å². The molecule has 14 heteroatoms. The van der Waals surface area contributed by atoms with Crippen LogP contribution in [0.25, 0.3) is 0 Å². The van der Waals surface area contributed by atoms with Crippen LogP contribution >= 0.6 is 0 Å². The summed E-state index contributed by atoms with van der Waals surface area (Å²) in [5, 5.41) is 87.0. The van der Waals surface area contributed by atoms with E-state index in [0.717, 1.165) is 96.3 Å². The first-order valence-electron chi connectivity index (χ1n) is 30.8. The minimum atomic E-state index is -1.80. The molecule has 0 aromatic carbocycles. The molecule has 2 fully saturated rings. The van der Waals surface area contributed by atoms with Gasteiger partial charge in [0.1, 0.15) is 48.8 Å². The number of ether oxygens (including phenoxy) is 4. The number of nitrogens with one attached hydrogen (secondary N) is 1. The summed E-state index contributed by atoms with van der Waals surface area (Å²) in [6, 6.07) is -0.947. The number of hydrogen-bond acceptors (Lipinski definition) is 13. The summed E-state index contributed by atoms with van der Waals surface area (Å²) in [6.45, 7) is 2.60. The van der Waals surface area contributed by atoms with Crippen LogP contribution in [-0.2, 0) is 23.7 Å². The lowest BCUT2D eigenvalue weighted by Gasteiger charge is -2.46. The van der Waals surface area contributed by atoms with Gasteiger partial charge in [-0.15, -0.1) is 0 Å². The topological polar surface area (TPSA) is 228 Å². The molecule has 2 rings (SSSR count). The molecule has 456 valence electrons. The predicted octanol–water partition coefficient (Wildman–Crippen LogP) is 11.0. The van der Waals surface area contributed by atoms with Gasteiger partial charge in [0.15, 0.2) is 12.6 Å². The third kappa shape index (κ3) is 34.7. The second kappa shape index (κ2) is 50.0. The average molecular weight is 1120 g/mol. The van der Waals surface area contributed by atoms with E-state index in [1.165, 1.54) is 64.2 Å². The number of aliphatic hydroxyl groups is 8. The first-order chi connectivity index (χ1) is 39.1. The van der Waals surface area contributed by atoms with Crippen LogP contribution in [-0.4, -0.2) is 140 Å². The number of rotatable bonds is 47. The highest BCUT2D eigenvalue weighted by Gasteiger charge is 2.51. The first-order valence-corrected chi connectivity index (χ1v) is 30.8. The van der Waals surface area contributed by atoms with E-state index in [-0.39, 0.29) is 18.9 Å². The van der Waals surface area contributed by atoms with Crippen LogP contribution in [0.3, 0.4) is 0 Å². The lowest BCUT2D eigenvalue weighted by Crippen LogP contribution is -2.65. The Labute approximate surface area is 482 Å². The van der Waals surface area contributed by atoms with E-state index >= 15 is 0 Å². The van der Waals surface area contributed by atoms with Gasteiger partial charge in [-0.05, 0) is 103 Å². The molecule has 2 aliphatic rings. The molecule has 2 aliphatic heterocycles. The molecule has 2 heterocycles. The maximum absolute atomic E-state index is 13.2. The van der Waals surface area contributed by atoms with Gasteiger partial charge >= 0.3 is 0 Å². The van der Waals surface area contributed by atoms with Crippen molar-refractivity contribution in [3.05, 3.63) is 122 Å². The SMILES string of the molecule is CC/C=C\C/C=C\C/C=C\C/C=C\C/C=C\C/C=C\C/C=C\CCCCCCCCCCCCCC(=O)NC(COC1OC(CO)C(OC2OC(CO)C(O)C(O)C2O)C(O)C1O)C(O)/C=C/CC/C=C/CC/C=C/CCCCC. The maximum atomic E-state index is 13.2. The molecule has 1 amide bonds. The van der Waals surface area contributed by atoms with Gasteiger partial charge in [-0.1, -0.05) is 206 Å². The zero-order valence-corrected chi connectivity index (χ0v) is 49.0. The first kappa shape index (κ1) is 72.5. The summed E-state index contributed by atoms with van der Waals surface area (Å²) >= 11 is 0. The number of carbonyl (C=O) groups is 1. The third-order valence-electron chi connectivity index (χ3n) is 14.1. The highest BCUT2D eigenvalue weighted by Crippen LogP contribution is 2.30. The molecule has 0 bridgehead atoms. The highest BCUT2D eigenvalue weighted by molar-refractivity contribution is 5.76. The molecule has 0 aromatic rings. The Morgan fingerprint density at radius 1 is 0.463 bits per heavy atom. The molecule has 14 nitrogen and oxygen atoms in total. The smallest absolute Gasteiger partial charge is 0.220 e. The van der Waals surface area contributed by atoms with Crippen LogP contribution in [0, 0.1) is 0 Å². The Hall–Kier alpha value is -3.61. The van der Waals surface area contributed by atoms with E-state index in [2.05, 4.69) is 129 Å². The number of carbonyl (C=O) groups excluding carboxylic acids is 1. The number of hydrogen-bond donors (Lipinski definition) is 9. The van der Waals surface area contributed by atoms with Gasteiger partial charge < -0.3 is 65.1 Å². The van der Waals surface area contributed by atoms with Crippen LogP contribution < -0.4 is 5.32 Å². The summed E-state index contributed by atoms with van der Waals surface area (Å²) in [7, 11) is 0. The quantitative estimate of drug-likeness (QED) is 0.0204. The summed E-state index contributed by atoms with van der Waals surface area (Å²) in [4.78, 5) is 13.2. The van der Waals surface area contributed by atoms with Crippen molar-refractivity contribution in [3.8, 4) is 0 Å². The van der Waals surface area contributed by atoms with Crippen molar-refractivity contribution in [2.45, 2.75) is 267 Å². The van der Waals surface area contributed by atoms with Crippen molar-refractivity contribution in [1.82, 2.24) is 5.32 Å². The van der Waals surface area contributed by atoms with Crippen molar-refractivity contribution >= 4 is 5.91 Å². The molecule has 0 aliphatic carbocycles. The fourth-order valence-corrected chi connectivity index (χ4v) is 9.18. The van der Waals surface area contributed by atoms with Crippen molar-refractivity contribution < 1.29 is 64.6 Å². The van der Waals surface area contributed by atoms with E-state index in [9.17, 15) is 45.6 Å². The van der Waals surface area contributed by atoms with Crippen LogP contribution in [0.15, 0.2) is 122 Å². The zero-order chi connectivity index (χ0) is 58.1. The Morgan fingerprint density at radius 3 is 1.38 bits per heavy atom. The van der Waals surface area contributed by atoms with E-state index in [0.29, 0.717) is 12.8 Å². The number of unbranched alkanes of at least 4 members (excludes halogenated alkanes) is 16. The molecule has 0 saturated carbocycles.